The molecule has 4 heteroatoms. The molecule has 0 unspecified atom stereocenters. The molecule has 0 N–H and O–H groups in total. The molecule has 3 nitrogen and oxygen atoms in total. The van der Waals surface area contributed by atoms with Gasteiger partial charge in [0, 0.05) is 5.46 Å². The maximum Gasteiger partial charge on any atom is 0.648 e. The van der Waals surface area contributed by atoms with Crippen LogP contribution in [0.1, 0.15) is 5.56 Å². The van der Waals surface area contributed by atoms with Gasteiger partial charge in [0.1, 0.15) is 5.75 Å². The molecule has 0 spiro atoms. The van der Waals surface area contributed by atoms with E-state index in [2.05, 4.69) is 84.1 Å². The summed E-state index contributed by atoms with van der Waals surface area (Å²) in [4.78, 5) is 2.34. The van der Waals surface area contributed by atoms with Crippen LogP contribution < -0.4 is 19.5 Å². The van der Waals surface area contributed by atoms with Crippen molar-refractivity contribution >= 4 is 24.0 Å². The Hall–Kier alpha value is -2.75. The van der Waals surface area contributed by atoms with E-state index in [9.17, 15) is 0 Å². The van der Waals surface area contributed by atoms with Crippen LogP contribution in [0.5, 0.6) is 5.75 Å². The first kappa shape index (κ1) is 12.8. The molecule has 5 rings (SSSR count). The summed E-state index contributed by atoms with van der Waals surface area (Å²) in [7, 11) is 2.00. The topological polar surface area (TPSA) is 16.4 Å². The van der Waals surface area contributed by atoms with E-state index in [0.717, 1.165) is 5.75 Å². The number of hydrogen-bond acceptors (Lipinski definition) is 2. The molecule has 2 aliphatic heterocycles. The molecule has 0 saturated carbocycles. The highest BCUT2D eigenvalue weighted by Gasteiger charge is 2.53. The SMILES string of the molecule is Cc1cccc2c1N1B(O2)c2ccccc2-c2ccc[n+](C)c21. The Morgan fingerprint density at radius 1 is 0.957 bits per heavy atom. The maximum atomic E-state index is 6.34. The first-order chi connectivity index (χ1) is 11.3. The van der Waals surface area contributed by atoms with E-state index in [-0.39, 0.29) is 7.05 Å². The predicted molar refractivity (Wildman–Crippen MR) is 92.4 cm³/mol. The molecule has 0 aliphatic carbocycles. The normalized spacial score (nSPS) is 13.8. The van der Waals surface area contributed by atoms with E-state index in [1.54, 1.807) is 0 Å². The molecule has 23 heavy (non-hydrogen) atoms. The van der Waals surface area contributed by atoms with Gasteiger partial charge in [-0.15, -0.1) is 0 Å². The smallest absolute Gasteiger partial charge is 0.514 e. The minimum Gasteiger partial charge on any atom is -0.514 e. The van der Waals surface area contributed by atoms with Crippen molar-refractivity contribution in [1.82, 2.24) is 0 Å². The Balaban J connectivity index is 1.89. The molecule has 1 aromatic heterocycles. The lowest BCUT2D eigenvalue weighted by Crippen LogP contribution is -2.54. The van der Waals surface area contributed by atoms with Gasteiger partial charge < -0.3 is 4.65 Å². The Morgan fingerprint density at radius 3 is 2.70 bits per heavy atom. The molecular weight excluding hydrogens is 283 g/mol. The zero-order valence-electron chi connectivity index (χ0n) is 13.2. The highest BCUT2D eigenvalue weighted by atomic mass is 16.5. The molecule has 0 atom stereocenters. The molecule has 2 aliphatic rings. The standard InChI is InChI=1S/C19H16BN2O/c1-13-7-5-11-17-18(13)22-19-15(9-6-12-21(19)2)14-8-3-4-10-16(14)20(22)23-17/h3-12H,1-2H3/q+1. The number of aromatic nitrogens is 1. The van der Waals surface area contributed by atoms with Gasteiger partial charge in [-0.2, -0.15) is 0 Å². The Bertz CT molecular complexity index is 954. The molecule has 0 radical (unpaired) electrons. The van der Waals surface area contributed by atoms with E-state index >= 15 is 0 Å². The lowest BCUT2D eigenvalue weighted by atomic mass is 9.65. The number of para-hydroxylation sites is 1. The summed E-state index contributed by atoms with van der Waals surface area (Å²) in [5.74, 6) is 2.14. The minimum absolute atomic E-state index is 0.0941. The summed E-state index contributed by atoms with van der Waals surface area (Å²) in [5, 5.41) is 0. The Kier molecular flexibility index (Phi) is 2.43. The van der Waals surface area contributed by atoms with Crippen molar-refractivity contribution in [2.24, 2.45) is 7.05 Å². The van der Waals surface area contributed by atoms with Gasteiger partial charge in [0.2, 0.25) is 0 Å². The molecule has 0 amide bonds. The predicted octanol–water partition coefficient (Wildman–Crippen LogP) is 2.73. The monoisotopic (exact) mass is 299 g/mol. The van der Waals surface area contributed by atoms with Gasteiger partial charge in [-0.25, -0.2) is 9.38 Å². The average molecular weight is 299 g/mol. The van der Waals surface area contributed by atoms with E-state index in [1.165, 1.54) is 33.7 Å². The summed E-state index contributed by atoms with van der Waals surface area (Å²) in [5.41, 5.74) is 6.14. The number of rotatable bonds is 0. The molecule has 3 aromatic rings. The van der Waals surface area contributed by atoms with E-state index in [1.807, 2.05) is 0 Å². The maximum absolute atomic E-state index is 6.34. The van der Waals surface area contributed by atoms with Crippen molar-refractivity contribution in [3.05, 3.63) is 66.4 Å². The summed E-state index contributed by atoms with van der Waals surface area (Å²) in [6, 6.07) is 19.1. The van der Waals surface area contributed by atoms with Gasteiger partial charge >= 0.3 is 7.05 Å². The molecule has 0 fully saturated rings. The number of fused-ring (bicyclic) bond motifs is 8. The fourth-order valence-corrected chi connectivity index (χ4v) is 3.82. The van der Waals surface area contributed by atoms with E-state index in [4.69, 9.17) is 4.65 Å². The average Bonchev–Trinajstić information content (AvgIpc) is 2.96. The highest BCUT2D eigenvalue weighted by Crippen LogP contribution is 2.46. The molecular formula is C19H16BN2O+. The summed E-state index contributed by atoms with van der Waals surface area (Å²) >= 11 is 0. The summed E-state index contributed by atoms with van der Waals surface area (Å²) < 4.78 is 8.53. The first-order valence-corrected chi connectivity index (χ1v) is 7.89. The van der Waals surface area contributed by atoms with E-state index in [0.29, 0.717) is 0 Å². The van der Waals surface area contributed by atoms with Crippen molar-refractivity contribution in [3.63, 3.8) is 0 Å². The van der Waals surface area contributed by atoms with Crippen LogP contribution in [-0.4, -0.2) is 7.05 Å². The van der Waals surface area contributed by atoms with Crippen LogP contribution in [-0.2, 0) is 7.05 Å². The summed E-state index contributed by atoms with van der Waals surface area (Å²) in [6.45, 7) is 2.15. The first-order valence-electron chi connectivity index (χ1n) is 7.89. The van der Waals surface area contributed by atoms with Crippen molar-refractivity contribution in [2.45, 2.75) is 6.92 Å². The van der Waals surface area contributed by atoms with Crippen molar-refractivity contribution < 1.29 is 9.22 Å². The van der Waals surface area contributed by atoms with Gasteiger partial charge in [-0.3, -0.25) is 0 Å². The zero-order valence-corrected chi connectivity index (χ0v) is 13.2. The number of anilines is 2. The third kappa shape index (κ3) is 1.58. The quantitative estimate of drug-likeness (QED) is 0.469. The van der Waals surface area contributed by atoms with Crippen LogP contribution in [0.25, 0.3) is 11.1 Å². The second-order valence-corrected chi connectivity index (χ2v) is 6.21. The molecule has 0 bridgehead atoms. The molecule has 0 saturated heterocycles. The third-order valence-electron chi connectivity index (χ3n) is 4.81. The van der Waals surface area contributed by atoms with Crippen molar-refractivity contribution in [1.29, 1.82) is 0 Å². The molecule has 3 heterocycles. The lowest BCUT2D eigenvalue weighted by molar-refractivity contribution is -0.657. The molecule has 2 aromatic carbocycles. The van der Waals surface area contributed by atoms with Crippen LogP contribution in [0.4, 0.5) is 11.5 Å². The van der Waals surface area contributed by atoms with Gasteiger partial charge in [0.05, 0.1) is 18.8 Å². The second-order valence-electron chi connectivity index (χ2n) is 6.21. The Morgan fingerprint density at radius 2 is 1.78 bits per heavy atom. The third-order valence-corrected chi connectivity index (χ3v) is 4.81. The van der Waals surface area contributed by atoms with Crippen LogP contribution in [0.3, 0.4) is 0 Å². The zero-order chi connectivity index (χ0) is 15.6. The lowest BCUT2D eigenvalue weighted by Gasteiger charge is -2.25. The van der Waals surface area contributed by atoms with Gasteiger partial charge in [0.25, 0.3) is 5.82 Å². The fourth-order valence-electron chi connectivity index (χ4n) is 3.82. The van der Waals surface area contributed by atoms with Crippen LogP contribution in [0, 0.1) is 6.92 Å². The van der Waals surface area contributed by atoms with Gasteiger partial charge in [0.15, 0.2) is 5.69 Å². The number of pyridine rings is 1. The number of nitrogens with zero attached hydrogens (tertiary/aromatic N) is 2. The largest absolute Gasteiger partial charge is 0.648 e. The van der Waals surface area contributed by atoms with E-state index < -0.39 is 0 Å². The number of hydrogen-bond donors (Lipinski definition) is 0. The molecule has 110 valence electrons. The second kappa shape index (κ2) is 4.38. The van der Waals surface area contributed by atoms with Gasteiger partial charge in [-0.1, -0.05) is 36.4 Å². The van der Waals surface area contributed by atoms with Crippen molar-refractivity contribution in [3.8, 4) is 16.9 Å². The van der Waals surface area contributed by atoms with Gasteiger partial charge in [-0.05, 0) is 36.2 Å². The van der Waals surface area contributed by atoms with Crippen molar-refractivity contribution in [2.75, 3.05) is 4.81 Å². The Labute approximate surface area is 135 Å². The van der Waals surface area contributed by atoms with Crippen LogP contribution in [0.15, 0.2) is 60.8 Å². The number of aryl methyl sites for hydroxylation is 2. The summed E-state index contributed by atoms with van der Waals surface area (Å²) in [6.07, 6.45) is 2.10. The fraction of sp³-hybridized carbons (Fsp3) is 0.105. The van der Waals surface area contributed by atoms with Crippen LogP contribution in [0.2, 0.25) is 0 Å². The minimum atomic E-state index is -0.0941. The highest BCUT2D eigenvalue weighted by molar-refractivity contribution is 6.76. The number of benzene rings is 2. The van der Waals surface area contributed by atoms with Crippen LogP contribution >= 0.6 is 0 Å².